The molecule has 0 bridgehead atoms. The van der Waals surface area contributed by atoms with Gasteiger partial charge in [0, 0.05) is 5.69 Å². The first-order chi connectivity index (χ1) is 16.1. The van der Waals surface area contributed by atoms with Gasteiger partial charge in [-0.2, -0.15) is 5.10 Å². The standard InChI is InChI=1S/C19H17N5O6S4/c25-32(26,16-11-20-23-19(16)34(29,30)15-9-5-2-6-10-15)12-17-21-22-18(31-17)13-33(27,28)24-14-7-3-1-4-8-14/h1-11,24H,12-13H2,(H,20,23). The smallest absolute Gasteiger partial charge is 0.239 e. The largest absolute Gasteiger partial charge is 0.283 e. The highest BCUT2D eigenvalue weighted by Crippen LogP contribution is 2.28. The summed E-state index contributed by atoms with van der Waals surface area (Å²) in [6.45, 7) is 0. The van der Waals surface area contributed by atoms with E-state index in [-0.39, 0.29) is 14.9 Å². The van der Waals surface area contributed by atoms with Crippen LogP contribution in [-0.2, 0) is 41.2 Å². The summed E-state index contributed by atoms with van der Waals surface area (Å²) < 4.78 is 78.9. The molecule has 15 heteroatoms. The number of benzene rings is 2. The second-order valence-electron chi connectivity index (χ2n) is 6.96. The molecule has 0 unspecified atom stereocenters. The van der Waals surface area contributed by atoms with Crippen LogP contribution in [0.5, 0.6) is 0 Å². The van der Waals surface area contributed by atoms with Crippen molar-refractivity contribution in [3.05, 3.63) is 76.9 Å². The fourth-order valence-electron chi connectivity index (χ4n) is 2.92. The summed E-state index contributed by atoms with van der Waals surface area (Å²) in [5, 5.41) is 12.9. The number of hydrogen-bond acceptors (Lipinski definition) is 10. The summed E-state index contributed by atoms with van der Waals surface area (Å²) >= 11 is 0.804. The van der Waals surface area contributed by atoms with Gasteiger partial charge in [0.15, 0.2) is 14.9 Å². The van der Waals surface area contributed by atoms with E-state index in [0.717, 1.165) is 17.5 Å². The van der Waals surface area contributed by atoms with Crippen LogP contribution in [0.2, 0.25) is 0 Å². The van der Waals surface area contributed by atoms with E-state index in [9.17, 15) is 25.3 Å². The predicted molar refractivity (Wildman–Crippen MR) is 124 cm³/mol. The second kappa shape index (κ2) is 9.25. The Labute approximate surface area is 199 Å². The van der Waals surface area contributed by atoms with Gasteiger partial charge in [-0.25, -0.2) is 25.3 Å². The predicted octanol–water partition coefficient (Wildman–Crippen LogP) is 2.01. The van der Waals surface area contributed by atoms with Crippen molar-refractivity contribution in [2.75, 3.05) is 4.72 Å². The summed E-state index contributed by atoms with van der Waals surface area (Å²) in [5.74, 6) is -1.17. The molecule has 0 atom stereocenters. The summed E-state index contributed by atoms with van der Waals surface area (Å²) in [7, 11) is -12.2. The van der Waals surface area contributed by atoms with E-state index in [0.29, 0.717) is 5.69 Å². The number of aromatic amines is 1. The number of sulfone groups is 2. The van der Waals surface area contributed by atoms with Crippen molar-refractivity contribution in [2.45, 2.75) is 26.3 Å². The molecule has 4 rings (SSSR count). The Kier molecular flexibility index (Phi) is 6.53. The maximum Gasteiger partial charge on any atom is 0.239 e. The van der Waals surface area contributed by atoms with E-state index in [1.54, 1.807) is 36.4 Å². The van der Waals surface area contributed by atoms with Crippen LogP contribution in [0.15, 0.2) is 81.7 Å². The number of sulfonamides is 1. The highest BCUT2D eigenvalue weighted by molar-refractivity contribution is 7.94. The zero-order valence-corrected chi connectivity index (χ0v) is 20.5. The maximum atomic E-state index is 13.0. The zero-order valence-electron chi connectivity index (χ0n) is 17.2. The number of aromatic nitrogens is 4. The van der Waals surface area contributed by atoms with Crippen LogP contribution in [0.3, 0.4) is 0 Å². The molecule has 4 aromatic rings. The Hall–Kier alpha value is -3.14. The molecule has 0 aliphatic heterocycles. The van der Waals surface area contributed by atoms with E-state index in [2.05, 4.69) is 25.1 Å². The first-order valence-electron chi connectivity index (χ1n) is 9.50. The van der Waals surface area contributed by atoms with Crippen molar-refractivity contribution >= 4 is 46.7 Å². The molecule has 0 saturated carbocycles. The van der Waals surface area contributed by atoms with Crippen molar-refractivity contribution in [1.82, 2.24) is 20.4 Å². The van der Waals surface area contributed by atoms with E-state index in [4.69, 9.17) is 0 Å². The molecule has 0 spiro atoms. The molecule has 2 aromatic carbocycles. The van der Waals surface area contributed by atoms with Gasteiger partial charge in [-0.05, 0) is 24.3 Å². The second-order valence-corrected chi connectivity index (χ2v) is 13.7. The van der Waals surface area contributed by atoms with Crippen molar-refractivity contribution in [1.29, 1.82) is 0 Å². The van der Waals surface area contributed by atoms with E-state index in [1.165, 1.54) is 24.3 Å². The Morgan fingerprint density at radius 3 is 2.03 bits per heavy atom. The lowest BCUT2D eigenvalue weighted by Crippen LogP contribution is -2.14. The van der Waals surface area contributed by atoms with Gasteiger partial charge in [0.2, 0.25) is 19.9 Å². The average molecular weight is 540 g/mol. The fraction of sp³-hybridized carbons (Fsp3) is 0.105. The molecule has 178 valence electrons. The number of rotatable bonds is 9. The molecule has 34 heavy (non-hydrogen) atoms. The minimum atomic E-state index is -4.20. The van der Waals surface area contributed by atoms with E-state index < -0.39 is 51.1 Å². The topological polar surface area (TPSA) is 169 Å². The summed E-state index contributed by atoms with van der Waals surface area (Å²) in [4.78, 5) is -0.600. The van der Waals surface area contributed by atoms with Crippen molar-refractivity contribution < 1.29 is 25.3 Å². The number of H-pyrrole nitrogens is 1. The number of anilines is 1. The molecule has 2 N–H and O–H groups in total. The third-order valence-electron chi connectivity index (χ3n) is 4.41. The maximum absolute atomic E-state index is 13.0. The highest BCUT2D eigenvalue weighted by atomic mass is 32.2. The number of para-hydroxylation sites is 1. The summed E-state index contributed by atoms with van der Waals surface area (Å²) in [5.41, 5.74) is 0.377. The quantitative estimate of drug-likeness (QED) is 0.323. The van der Waals surface area contributed by atoms with Gasteiger partial charge in [-0.1, -0.05) is 47.7 Å². The molecular weight excluding hydrogens is 523 g/mol. The van der Waals surface area contributed by atoms with Crippen LogP contribution in [0.25, 0.3) is 0 Å². The molecule has 0 radical (unpaired) electrons. The average Bonchev–Trinajstić information content (AvgIpc) is 3.45. The Bertz CT molecular complexity index is 1610. The molecule has 0 aliphatic carbocycles. The molecular formula is C19H17N5O6S4. The van der Waals surface area contributed by atoms with Crippen LogP contribution >= 0.6 is 11.3 Å². The lowest BCUT2D eigenvalue weighted by atomic mass is 10.3. The third kappa shape index (κ3) is 5.32. The Morgan fingerprint density at radius 1 is 0.794 bits per heavy atom. The fourth-order valence-corrected chi connectivity index (χ4v) is 8.74. The Morgan fingerprint density at radius 2 is 1.38 bits per heavy atom. The van der Waals surface area contributed by atoms with Gasteiger partial charge in [0.1, 0.15) is 26.4 Å². The number of nitrogens with one attached hydrogen (secondary N) is 2. The minimum Gasteiger partial charge on any atom is -0.283 e. The van der Waals surface area contributed by atoms with Crippen LogP contribution in [0, 0.1) is 0 Å². The van der Waals surface area contributed by atoms with Crippen molar-refractivity contribution in [2.24, 2.45) is 0 Å². The lowest BCUT2D eigenvalue weighted by Gasteiger charge is -2.06. The molecule has 0 aliphatic rings. The summed E-state index contributed by atoms with van der Waals surface area (Å²) in [6, 6.07) is 15.6. The summed E-state index contributed by atoms with van der Waals surface area (Å²) in [6.07, 6.45) is 0.918. The Balaban J connectivity index is 1.53. The minimum absolute atomic E-state index is 0.00849. The van der Waals surface area contributed by atoms with Crippen molar-refractivity contribution in [3.8, 4) is 0 Å². The van der Waals surface area contributed by atoms with Crippen LogP contribution in [0.4, 0.5) is 5.69 Å². The normalized spacial score (nSPS) is 12.5. The van der Waals surface area contributed by atoms with Gasteiger partial charge in [-0.3, -0.25) is 9.82 Å². The first-order valence-corrected chi connectivity index (χ1v) is 15.1. The van der Waals surface area contributed by atoms with Crippen LogP contribution in [-0.4, -0.2) is 45.6 Å². The molecule has 0 amide bonds. The van der Waals surface area contributed by atoms with Gasteiger partial charge in [0.05, 0.1) is 11.1 Å². The number of hydrogen-bond donors (Lipinski definition) is 2. The molecule has 11 nitrogen and oxygen atoms in total. The highest BCUT2D eigenvalue weighted by Gasteiger charge is 2.31. The molecule has 0 fully saturated rings. The molecule has 2 aromatic heterocycles. The lowest BCUT2D eigenvalue weighted by molar-refractivity contribution is 0.579. The van der Waals surface area contributed by atoms with E-state index >= 15 is 0 Å². The van der Waals surface area contributed by atoms with Crippen LogP contribution in [0.1, 0.15) is 10.0 Å². The van der Waals surface area contributed by atoms with E-state index in [1.807, 2.05) is 0 Å². The number of nitrogens with zero attached hydrogens (tertiary/aromatic N) is 3. The van der Waals surface area contributed by atoms with Crippen LogP contribution < -0.4 is 4.72 Å². The zero-order chi connectivity index (χ0) is 24.4. The van der Waals surface area contributed by atoms with Gasteiger partial charge in [0.25, 0.3) is 0 Å². The first kappa shape index (κ1) is 24.0. The van der Waals surface area contributed by atoms with Crippen molar-refractivity contribution in [3.63, 3.8) is 0 Å². The van der Waals surface area contributed by atoms with Gasteiger partial charge < -0.3 is 0 Å². The molecule has 0 saturated heterocycles. The monoisotopic (exact) mass is 539 g/mol. The van der Waals surface area contributed by atoms with Gasteiger partial charge in [-0.15, -0.1) is 10.2 Å². The van der Waals surface area contributed by atoms with Gasteiger partial charge >= 0.3 is 0 Å². The third-order valence-corrected chi connectivity index (χ3v) is 10.4. The molecule has 2 heterocycles. The SMILES string of the molecule is O=S(=O)(Cc1nnc(CS(=O)(=O)c2cn[nH]c2S(=O)(=O)c2ccccc2)s1)Nc1ccccc1.